The van der Waals surface area contributed by atoms with Crippen LogP contribution >= 0.6 is 0 Å². The number of rotatable bonds is 1. The third kappa shape index (κ3) is 3.00. The Labute approximate surface area is 81.5 Å². The van der Waals surface area contributed by atoms with E-state index < -0.39 is 0 Å². The zero-order valence-electron chi connectivity index (χ0n) is 9.01. The molecule has 1 atom stereocenters. The van der Waals surface area contributed by atoms with Gasteiger partial charge in [0.05, 0.1) is 12.1 Å². The molecule has 1 saturated heterocycles. The second-order valence-corrected chi connectivity index (χ2v) is 4.86. The summed E-state index contributed by atoms with van der Waals surface area (Å²) in [6, 6.07) is 2.41. The van der Waals surface area contributed by atoms with Gasteiger partial charge in [-0.15, -0.1) is 0 Å². The first-order chi connectivity index (χ1) is 6.05. The number of likely N-dealkylation sites (tertiary alicyclic amines) is 1. The fraction of sp³-hybridized carbons (Fsp3) is 0.909. The molecule has 0 spiro atoms. The number of hydrogen-bond acceptors (Lipinski definition) is 2. The lowest BCUT2D eigenvalue weighted by atomic mass is 9.85. The zero-order valence-corrected chi connectivity index (χ0v) is 9.01. The van der Waals surface area contributed by atoms with Crippen LogP contribution in [0.2, 0.25) is 0 Å². The standard InChI is InChI=1S/C11H20N2/c1-10(9-12)13-7-4-5-11(2,3)6-8-13/h10H,4-8H2,1-3H3. The van der Waals surface area contributed by atoms with Crippen molar-refractivity contribution in [3.8, 4) is 6.07 Å². The van der Waals surface area contributed by atoms with Crippen LogP contribution in [-0.4, -0.2) is 24.0 Å². The molecule has 1 rings (SSSR count). The van der Waals surface area contributed by atoms with Gasteiger partial charge in [-0.05, 0) is 44.7 Å². The van der Waals surface area contributed by atoms with Gasteiger partial charge in [0.1, 0.15) is 0 Å². The molecule has 1 aliphatic rings. The highest BCUT2D eigenvalue weighted by atomic mass is 15.1. The van der Waals surface area contributed by atoms with Crippen LogP contribution in [0.5, 0.6) is 0 Å². The molecule has 0 aromatic heterocycles. The summed E-state index contributed by atoms with van der Waals surface area (Å²) in [4.78, 5) is 2.30. The predicted octanol–water partition coefficient (Wildman–Crippen LogP) is 2.41. The monoisotopic (exact) mass is 180 g/mol. The molecule has 74 valence electrons. The Hall–Kier alpha value is -0.550. The summed E-state index contributed by atoms with van der Waals surface area (Å²) in [6.07, 6.45) is 3.75. The molecule has 1 heterocycles. The predicted molar refractivity (Wildman–Crippen MR) is 54.3 cm³/mol. The van der Waals surface area contributed by atoms with Crippen LogP contribution in [-0.2, 0) is 0 Å². The Morgan fingerprint density at radius 1 is 1.31 bits per heavy atom. The van der Waals surface area contributed by atoms with Gasteiger partial charge in [-0.3, -0.25) is 4.90 Å². The lowest BCUT2D eigenvalue weighted by Gasteiger charge is -2.24. The SMILES string of the molecule is CC(C#N)N1CCCC(C)(C)CC1. The van der Waals surface area contributed by atoms with E-state index >= 15 is 0 Å². The van der Waals surface area contributed by atoms with E-state index in [1.165, 1.54) is 19.3 Å². The summed E-state index contributed by atoms with van der Waals surface area (Å²) in [6.45, 7) is 8.83. The molecule has 1 fully saturated rings. The molecule has 0 amide bonds. The van der Waals surface area contributed by atoms with Gasteiger partial charge in [-0.25, -0.2) is 0 Å². The van der Waals surface area contributed by atoms with Crippen molar-refractivity contribution < 1.29 is 0 Å². The van der Waals surface area contributed by atoms with E-state index in [1.807, 2.05) is 6.92 Å². The molecule has 0 aromatic carbocycles. The zero-order chi connectivity index (χ0) is 9.90. The van der Waals surface area contributed by atoms with Gasteiger partial charge in [-0.1, -0.05) is 13.8 Å². The molecule has 0 saturated carbocycles. The van der Waals surface area contributed by atoms with Crippen LogP contribution < -0.4 is 0 Å². The average molecular weight is 180 g/mol. The smallest absolute Gasteiger partial charge is 0.0949 e. The van der Waals surface area contributed by atoms with Crippen molar-refractivity contribution in [2.75, 3.05) is 13.1 Å². The molecule has 0 aliphatic carbocycles. The van der Waals surface area contributed by atoms with Crippen LogP contribution in [0.3, 0.4) is 0 Å². The molecule has 0 N–H and O–H groups in total. The topological polar surface area (TPSA) is 27.0 Å². The van der Waals surface area contributed by atoms with Gasteiger partial charge in [0.2, 0.25) is 0 Å². The third-order valence-electron chi connectivity index (χ3n) is 3.11. The van der Waals surface area contributed by atoms with Crippen LogP contribution in [0.15, 0.2) is 0 Å². The Morgan fingerprint density at radius 3 is 2.62 bits per heavy atom. The van der Waals surface area contributed by atoms with E-state index in [1.54, 1.807) is 0 Å². The maximum atomic E-state index is 8.82. The average Bonchev–Trinajstić information content (AvgIpc) is 2.25. The molecule has 0 radical (unpaired) electrons. The van der Waals surface area contributed by atoms with Crippen molar-refractivity contribution in [2.24, 2.45) is 5.41 Å². The van der Waals surface area contributed by atoms with Crippen LogP contribution in [0.25, 0.3) is 0 Å². The van der Waals surface area contributed by atoms with E-state index in [0.717, 1.165) is 13.1 Å². The van der Waals surface area contributed by atoms with Crippen molar-refractivity contribution in [3.63, 3.8) is 0 Å². The molecule has 0 aromatic rings. The summed E-state index contributed by atoms with van der Waals surface area (Å²) >= 11 is 0. The minimum absolute atomic E-state index is 0.0916. The second kappa shape index (κ2) is 4.11. The number of nitrogens with zero attached hydrogens (tertiary/aromatic N) is 2. The normalized spacial score (nSPS) is 26.0. The summed E-state index contributed by atoms with van der Waals surface area (Å²) in [5.41, 5.74) is 0.476. The quantitative estimate of drug-likeness (QED) is 0.619. The van der Waals surface area contributed by atoms with Gasteiger partial charge < -0.3 is 0 Å². The highest BCUT2D eigenvalue weighted by Gasteiger charge is 2.24. The highest BCUT2D eigenvalue weighted by Crippen LogP contribution is 2.30. The molecule has 2 heteroatoms. The van der Waals surface area contributed by atoms with E-state index in [4.69, 9.17) is 5.26 Å². The van der Waals surface area contributed by atoms with Crippen molar-refractivity contribution in [3.05, 3.63) is 0 Å². The molecule has 13 heavy (non-hydrogen) atoms. The Balaban J connectivity index is 2.51. The van der Waals surface area contributed by atoms with Crippen molar-refractivity contribution in [1.29, 1.82) is 5.26 Å². The van der Waals surface area contributed by atoms with Gasteiger partial charge in [0.25, 0.3) is 0 Å². The fourth-order valence-corrected chi connectivity index (χ4v) is 1.91. The third-order valence-corrected chi connectivity index (χ3v) is 3.11. The summed E-state index contributed by atoms with van der Waals surface area (Å²) in [7, 11) is 0. The highest BCUT2D eigenvalue weighted by molar-refractivity contribution is 4.90. The van der Waals surface area contributed by atoms with Crippen LogP contribution in [0.4, 0.5) is 0 Å². The first-order valence-electron chi connectivity index (χ1n) is 5.19. The lowest BCUT2D eigenvalue weighted by Crippen LogP contribution is -2.33. The Morgan fingerprint density at radius 2 is 2.00 bits per heavy atom. The van der Waals surface area contributed by atoms with E-state index in [9.17, 15) is 0 Å². The Kier molecular flexibility index (Phi) is 3.33. The molecule has 1 aliphatic heterocycles. The second-order valence-electron chi connectivity index (χ2n) is 4.86. The maximum absolute atomic E-state index is 8.82. The minimum Gasteiger partial charge on any atom is -0.288 e. The van der Waals surface area contributed by atoms with Crippen LogP contribution in [0.1, 0.15) is 40.0 Å². The molecule has 0 bridgehead atoms. The first kappa shape index (κ1) is 10.5. The van der Waals surface area contributed by atoms with Gasteiger partial charge in [-0.2, -0.15) is 5.26 Å². The Bertz CT molecular complexity index is 203. The molecule has 2 nitrogen and oxygen atoms in total. The molecular formula is C11H20N2. The summed E-state index contributed by atoms with van der Waals surface area (Å²) in [5, 5.41) is 8.82. The number of nitriles is 1. The summed E-state index contributed by atoms with van der Waals surface area (Å²) in [5.74, 6) is 0. The van der Waals surface area contributed by atoms with Crippen molar-refractivity contribution in [2.45, 2.75) is 46.1 Å². The van der Waals surface area contributed by atoms with Gasteiger partial charge in [0, 0.05) is 0 Å². The lowest BCUT2D eigenvalue weighted by molar-refractivity contribution is 0.240. The van der Waals surface area contributed by atoms with Crippen molar-refractivity contribution >= 4 is 0 Å². The van der Waals surface area contributed by atoms with E-state index in [2.05, 4.69) is 24.8 Å². The molecular weight excluding hydrogens is 160 g/mol. The van der Waals surface area contributed by atoms with E-state index in [0.29, 0.717) is 5.41 Å². The van der Waals surface area contributed by atoms with Crippen LogP contribution in [0, 0.1) is 16.7 Å². The number of hydrogen-bond donors (Lipinski definition) is 0. The largest absolute Gasteiger partial charge is 0.288 e. The van der Waals surface area contributed by atoms with Crippen molar-refractivity contribution in [1.82, 2.24) is 4.90 Å². The van der Waals surface area contributed by atoms with Gasteiger partial charge in [0.15, 0.2) is 0 Å². The minimum atomic E-state index is 0.0916. The fourth-order valence-electron chi connectivity index (χ4n) is 1.91. The summed E-state index contributed by atoms with van der Waals surface area (Å²) < 4.78 is 0. The molecule has 1 unspecified atom stereocenters. The maximum Gasteiger partial charge on any atom is 0.0949 e. The van der Waals surface area contributed by atoms with E-state index in [-0.39, 0.29) is 6.04 Å². The van der Waals surface area contributed by atoms with Gasteiger partial charge >= 0.3 is 0 Å². The first-order valence-corrected chi connectivity index (χ1v) is 5.19.